The SMILES string of the molecule is O=C(NCc1ccc(Cn2cccn2)cc1)c1cccc(Cl)c1. The third kappa shape index (κ3) is 4.20. The molecule has 2 aromatic carbocycles. The van der Waals surface area contributed by atoms with Crippen molar-refractivity contribution >= 4 is 17.5 Å². The summed E-state index contributed by atoms with van der Waals surface area (Å²) in [6.07, 6.45) is 3.69. The molecule has 1 amide bonds. The van der Waals surface area contributed by atoms with Crippen molar-refractivity contribution in [2.75, 3.05) is 0 Å². The lowest BCUT2D eigenvalue weighted by Crippen LogP contribution is -2.22. The van der Waals surface area contributed by atoms with E-state index in [0.29, 0.717) is 17.1 Å². The number of benzene rings is 2. The van der Waals surface area contributed by atoms with Gasteiger partial charge in [0.15, 0.2) is 0 Å². The average Bonchev–Trinajstić information content (AvgIpc) is 3.07. The van der Waals surface area contributed by atoms with Crippen LogP contribution >= 0.6 is 11.6 Å². The van der Waals surface area contributed by atoms with Crippen molar-refractivity contribution in [3.63, 3.8) is 0 Å². The predicted octanol–water partition coefficient (Wildman–Crippen LogP) is 3.51. The van der Waals surface area contributed by atoms with Crippen LogP contribution in [-0.2, 0) is 13.1 Å². The Morgan fingerprint density at radius 3 is 2.57 bits per heavy atom. The summed E-state index contributed by atoms with van der Waals surface area (Å²) in [5.74, 6) is -0.131. The monoisotopic (exact) mass is 325 g/mol. The summed E-state index contributed by atoms with van der Waals surface area (Å²) in [6.45, 7) is 1.22. The number of aromatic nitrogens is 2. The molecule has 0 aliphatic heterocycles. The molecule has 0 aliphatic carbocycles. The number of carbonyl (C=O) groups is 1. The summed E-state index contributed by atoms with van der Waals surface area (Å²) in [5.41, 5.74) is 2.77. The number of hydrogen-bond acceptors (Lipinski definition) is 2. The number of nitrogens with one attached hydrogen (secondary N) is 1. The van der Waals surface area contributed by atoms with Gasteiger partial charge in [0.1, 0.15) is 0 Å². The molecule has 23 heavy (non-hydrogen) atoms. The minimum Gasteiger partial charge on any atom is -0.348 e. The molecule has 116 valence electrons. The number of halogens is 1. The van der Waals surface area contributed by atoms with Crippen molar-refractivity contribution in [2.45, 2.75) is 13.1 Å². The second kappa shape index (κ2) is 7.11. The van der Waals surface area contributed by atoms with Gasteiger partial charge in [-0.2, -0.15) is 5.10 Å². The van der Waals surface area contributed by atoms with E-state index in [1.165, 1.54) is 5.56 Å². The van der Waals surface area contributed by atoms with Crippen molar-refractivity contribution in [1.29, 1.82) is 0 Å². The molecule has 4 nitrogen and oxygen atoms in total. The van der Waals surface area contributed by atoms with Crippen LogP contribution in [0.5, 0.6) is 0 Å². The first-order chi connectivity index (χ1) is 11.2. The van der Waals surface area contributed by atoms with Crippen LogP contribution in [0, 0.1) is 0 Å². The quantitative estimate of drug-likeness (QED) is 0.780. The Bertz CT molecular complexity index is 782. The maximum absolute atomic E-state index is 12.1. The molecule has 3 aromatic rings. The molecule has 1 aromatic heterocycles. The van der Waals surface area contributed by atoms with Crippen LogP contribution < -0.4 is 5.32 Å². The first kappa shape index (κ1) is 15.3. The summed E-state index contributed by atoms with van der Waals surface area (Å²) < 4.78 is 1.87. The molecule has 0 atom stereocenters. The van der Waals surface area contributed by atoms with Gasteiger partial charge in [-0.15, -0.1) is 0 Å². The number of nitrogens with zero attached hydrogens (tertiary/aromatic N) is 2. The molecule has 1 heterocycles. The number of carbonyl (C=O) groups excluding carboxylic acids is 1. The van der Waals surface area contributed by atoms with Crippen molar-refractivity contribution in [2.24, 2.45) is 0 Å². The van der Waals surface area contributed by atoms with E-state index in [4.69, 9.17) is 11.6 Å². The number of hydrogen-bond donors (Lipinski definition) is 1. The fourth-order valence-electron chi connectivity index (χ4n) is 2.26. The first-order valence-electron chi connectivity index (χ1n) is 7.30. The zero-order chi connectivity index (χ0) is 16.1. The highest BCUT2D eigenvalue weighted by atomic mass is 35.5. The lowest BCUT2D eigenvalue weighted by molar-refractivity contribution is 0.0951. The Balaban J connectivity index is 1.57. The van der Waals surface area contributed by atoms with Crippen molar-refractivity contribution in [3.05, 3.63) is 88.7 Å². The molecule has 0 fully saturated rings. The van der Waals surface area contributed by atoms with E-state index in [1.807, 2.05) is 41.2 Å². The smallest absolute Gasteiger partial charge is 0.251 e. The van der Waals surface area contributed by atoms with Crippen molar-refractivity contribution < 1.29 is 4.79 Å². The number of amides is 1. The van der Waals surface area contributed by atoms with Crippen molar-refractivity contribution in [3.8, 4) is 0 Å². The second-order valence-electron chi connectivity index (χ2n) is 5.21. The van der Waals surface area contributed by atoms with Crippen LogP contribution in [0.15, 0.2) is 67.0 Å². The normalized spacial score (nSPS) is 10.5. The molecule has 0 spiro atoms. The molecule has 0 saturated heterocycles. The minimum atomic E-state index is -0.131. The van der Waals surface area contributed by atoms with Gasteiger partial charge in [0.2, 0.25) is 0 Å². The molecule has 0 radical (unpaired) electrons. The number of rotatable bonds is 5. The first-order valence-corrected chi connectivity index (χ1v) is 7.67. The largest absolute Gasteiger partial charge is 0.348 e. The summed E-state index contributed by atoms with van der Waals surface area (Å²) in [7, 11) is 0. The predicted molar refractivity (Wildman–Crippen MR) is 90.4 cm³/mol. The van der Waals surface area contributed by atoms with Crippen LogP contribution in [0.1, 0.15) is 21.5 Å². The molecule has 3 rings (SSSR count). The molecule has 0 bridgehead atoms. The van der Waals surface area contributed by atoms with Gasteiger partial charge in [0, 0.05) is 29.5 Å². The lowest BCUT2D eigenvalue weighted by atomic mass is 10.1. The molecule has 0 unspecified atom stereocenters. The summed E-state index contributed by atoms with van der Waals surface area (Å²) in [4.78, 5) is 12.1. The minimum absolute atomic E-state index is 0.131. The van der Waals surface area contributed by atoms with E-state index in [2.05, 4.69) is 10.4 Å². The molecular formula is C18H16ClN3O. The molecule has 5 heteroatoms. The molecule has 0 saturated carbocycles. The van der Waals surface area contributed by atoms with Gasteiger partial charge in [-0.05, 0) is 35.4 Å². The molecule has 1 N–H and O–H groups in total. The van der Waals surface area contributed by atoms with E-state index in [0.717, 1.165) is 12.1 Å². The summed E-state index contributed by atoms with van der Waals surface area (Å²) >= 11 is 5.89. The highest BCUT2D eigenvalue weighted by Crippen LogP contribution is 2.11. The molecular weight excluding hydrogens is 310 g/mol. The Morgan fingerprint density at radius 2 is 1.87 bits per heavy atom. The van der Waals surface area contributed by atoms with Crippen LogP contribution in [0.4, 0.5) is 0 Å². The third-order valence-corrected chi connectivity index (χ3v) is 3.70. The van der Waals surface area contributed by atoms with E-state index in [1.54, 1.807) is 30.5 Å². The maximum Gasteiger partial charge on any atom is 0.251 e. The Labute approximate surface area is 139 Å². The Kier molecular flexibility index (Phi) is 4.74. The van der Waals surface area contributed by atoms with Gasteiger partial charge >= 0.3 is 0 Å². The van der Waals surface area contributed by atoms with E-state index in [-0.39, 0.29) is 5.91 Å². The summed E-state index contributed by atoms with van der Waals surface area (Å²) in [5, 5.41) is 7.63. The molecule has 0 aliphatic rings. The van der Waals surface area contributed by atoms with Gasteiger partial charge in [0.05, 0.1) is 6.54 Å². The van der Waals surface area contributed by atoms with Crippen LogP contribution in [0.25, 0.3) is 0 Å². The standard InChI is InChI=1S/C18H16ClN3O/c19-17-4-1-3-16(11-17)18(23)20-12-14-5-7-15(8-6-14)13-22-10-2-9-21-22/h1-11H,12-13H2,(H,20,23). The van der Waals surface area contributed by atoms with Gasteiger partial charge < -0.3 is 5.32 Å². The lowest BCUT2D eigenvalue weighted by Gasteiger charge is -2.07. The fraction of sp³-hybridized carbons (Fsp3) is 0.111. The zero-order valence-corrected chi connectivity index (χ0v) is 13.2. The van der Waals surface area contributed by atoms with Gasteiger partial charge in [-0.1, -0.05) is 41.9 Å². The Morgan fingerprint density at radius 1 is 1.09 bits per heavy atom. The zero-order valence-electron chi connectivity index (χ0n) is 12.4. The summed E-state index contributed by atoms with van der Waals surface area (Å²) in [6, 6.07) is 16.9. The fourth-order valence-corrected chi connectivity index (χ4v) is 2.45. The van der Waals surface area contributed by atoms with Gasteiger partial charge in [-0.3, -0.25) is 9.48 Å². The van der Waals surface area contributed by atoms with Gasteiger partial charge in [-0.25, -0.2) is 0 Å². The van der Waals surface area contributed by atoms with E-state index >= 15 is 0 Å². The topological polar surface area (TPSA) is 46.9 Å². The third-order valence-electron chi connectivity index (χ3n) is 3.47. The average molecular weight is 326 g/mol. The van der Waals surface area contributed by atoms with Crippen molar-refractivity contribution in [1.82, 2.24) is 15.1 Å². The Hall–Kier alpha value is -2.59. The van der Waals surface area contributed by atoms with E-state index < -0.39 is 0 Å². The van der Waals surface area contributed by atoms with E-state index in [9.17, 15) is 4.79 Å². The maximum atomic E-state index is 12.1. The van der Waals surface area contributed by atoms with Crippen LogP contribution in [0.2, 0.25) is 5.02 Å². The highest BCUT2D eigenvalue weighted by Gasteiger charge is 2.05. The second-order valence-corrected chi connectivity index (χ2v) is 5.65. The van der Waals surface area contributed by atoms with Gasteiger partial charge in [0.25, 0.3) is 5.91 Å². The van der Waals surface area contributed by atoms with Crippen LogP contribution in [0.3, 0.4) is 0 Å². The van der Waals surface area contributed by atoms with Crippen LogP contribution in [-0.4, -0.2) is 15.7 Å². The highest BCUT2D eigenvalue weighted by molar-refractivity contribution is 6.30.